The number of amides is 3. The molecule has 1 saturated heterocycles. The molecular formula is C18H28N6O5S. The highest BCUT2D eigenvalue weighted by atomic mass is 32.2. The molecule has 1 aliphatic heterocycles. The number of H-pyrrole nitrogens is 1. The molecule has 3 atom stereocenters. The molecule has 0 bridgehead atoms. The van der Waals surface area contributed by atoms with Gasteiger partial charge in [0.2, 0.25) is 17.7 Å². The average molecular weight is 441 g/mol. The summed E-state index contributed by atoms with van der Waals surface area (Å²) in [6.45, 7) is 0.377. The Labute approximate surface area is 178 Å². The van der Waals surface area contributed by atoms with Crippen LogP contribution in [0.25, 0.3) is 0 Å². The highest BCUT2D eigenvalue weighted by Gasteiger charge is 2.27. The molecule has 30 heavy (non-hydrogen) atoms. The van der Waals surface area contributed by atoms with Crippen molar-refractivity contribution in [2.45, 2.75) is 43.8 Å². The van der Waals surface area contributed by atoms with Crippen molar-refractivity contribution in [3.8, 4) is 0 Å². The van der Waals surface area contributed by atoms with Gasteiger partial charge in [0.15, 0.2) is 0 Å². The van der Waals surface area contributed by atoms with Crippen molar-refractivity contribution < 1.29 is 24.3 Å². The van der Waals surface area contributed by atoms with Gasteiger partial charge in [-0.3, -0.25) is 14.4 Å². The smallest absolute Gasteiger partial charge is 0.326 e. The summed E-state index contributed by atoms with van der Waals surface area (Å²) in [4.78, 5) is 54.9. The molecule has 6 N–H and O–H groups in total. The van der Waals surface area contributed by atoms with Crippen LogP contribution in [0.1, 0.15) is 25.0 Å². The van der Waals surface area contributed by atoms with Gasteiger partial charge in [-0.1, -0.05) is 0 Å². The fraction of sp³-hybridized carbons (Fsp3) is 0.611. The largest absolute Gasteiger partial charge is 0.480 e. The minimum Gasteiger partial charge on any atom is -0.480 e. The quantitative estimate of drug-likeness (QED) is 0.232. The van der Waals surface area contributed by atoms with Gasteiger partial charge in [0.05, 0.1) is 18.9 Å². The molecule has 1 fully saturated rings. The maximum Gasteiger partial charge on any atom is 0.326 e. The van der Waals surface area contributed by atoms with E-state index in [9.17, 15) is 24.3 Å². The van der Waals surface area contributed by atoms with E-state index in [1.165, 1.54) is 12.5 Å². The Morgan fingerprint density at radius 1 is 1.30 bits per heavy atom. The first-order valence-corrected chi connectivity index (χ1v) is 11.1. The van der Waals surface area contributed by atoms with E-state index < -0.39 is 29.9 Å². The number of aromatic nitrogens is 2. The van der Waals surface area contributed by atoms with Crippen LogP contribution in [0.2, 0.25) is 0 Å². The number of nitrogens with one attached hydrogen (secondary N) is 5. The number of rotatable bonds is 12. The molecular weight excluding hydrogens is 412 g/mol. The summed E-state index contributed by atoms with van der Waals surface area (Å²) >= 11 is 1.54. The van der Waals surface area contributed by atoms with Gasteiger partial charge in [-0.25, -0.2) is 9.78 Å². The lowest BCUT2D eigenvalue weighted by Crippen LogP contribution is -2.53. The molecule has 0 radical (unpaired) electrons. The van der Waals surface area contributed by atoms with Gasteiger partial charge in [-0.2, -0.15) is 11.8 Å². The number of hydrogen-bond acceptors (Lipinski definition) is 7. The van der Waals surface area contributed by atoms with Gasteiger partial charge in [-0.15, -0.1) is 0 Å². The van der Waals surface area contributed by atoms with Crippen molar-refractivity contribution in [3.05, 3.63) is 18.2 Å². The number of nitrogens with zero attached hydrogens (tertiary/aromatic N) is 1. The summed E-state index contributed by atoms with van der Waals surface area (Å²) in [5, 5.41) is 20.0. The number of carboxylic acids is 1. The SMILES string of the molecule is CSCCC(NC(=O)C1CCCN1)C(=O)NCC(=O)NC(Cc1cnc[nH]1)C(=O)O. The third-order valence-corrected chi connectivity index (χ3v) is 5.30. The number of aromatic amines is 1. The predicted octanol–water partition coefficient (Wildman–Crippen LogP) is -1.37. The first kappa shape index (κ1) is 23.7. The number of carboxylic acid groups (broad SMARTS) is 1. The van der Waals surface area contributed by atoms with Crippen LogP contribution in [0, 0.1) is 0 Å². The number of thioether (sulfide) groups is 1. The van der Waals surface area contributed by atoms with Crippen LogP contribution in [0.3, 0.4) is 0 Å². The van der Waals surface area contributed by atoms with Gasteiger partial charge in [0, 0.05) is 18.3 Å². The van der Waals surface area contributed by atoms with E-state index in [0.29, 0.717) is 17.9 Å². The van der Waals surface area contributed by atoms with Crippen LogP contribution in [0.4, 0.5) is 0 Å². The summed E-state index contributed by atoms with van der Waals surface area (Å²) in [7, 11) is 0. The third-order valence-electron chi connectivity index (χ3n) is 4.66. The zero-order valence-electron chi connectivity index (χ0n) is 16.8. The van der Waals surface area contributed by atoms with Gasteiger partial charge < -0.3 is 31.4 Å². The van der Waals surface area contributed by atoms with Gasteiger partial charge >= 0.3 is 5.97 Å². The Bertz CT molecular complexity index is 723. The van der Waals surface area contributed by atoms with Crippen molar-refractivity contribution in [3.63, 3.8) is 0 Å². The number of aliphatic carboxylic acids is 1. The molecule has 1 aromatic rings. The Morgan fingerprint density at radius 3 is 2.70 bits per heavy atom. The van der Waals surface area contributed by atoms with Crippen molar-refractivity contribution >= 4 is 35.5 Å². The minimum absolute atomic E-state index is 0.0375. The van der Waals surface area contributed by atoms with E-state index in [-0.39, 0.29) is 24.9 Å². The van der Waals surface area contributed by atoms with Crippen molar-refractivity contribution in [2.75, 3.05) is 25.1 Å². The number of carbonyl (C=O) groups excluding carboxylic acids is 3. The number of imidazole rings is 1. The second-order valence-electron chi connectivity index (χ2n) is 6.95. The Balaban J connectivity index is 1.84. The van der Waals surface area contributed by atoms with Crippen LogP contribution < -0.4 is 21.3 Å². The minimum atomic E-state index is -1.20. The Morgan fingerprint density at radius 2 is 2.10 bits per heavy atom. The second kappa shape index (κ2) is 12.2. The molecule has 2 rings (SSSR count). The second-order valence-corrected chi connectivity index (χ2v) is 7.93. The maximum absolute atomic E-state index is 12.5. The molecule has 11 nitrogen and oxygen atoms in total. The van der Waals surface area contributed by atoms with E-state index in [2.05, 4.69) is 31.2 Å². The van der Waals surface area contributed by atoms with Crippen LogP contribution >= 0.6 is 11.8 Å². The summed E-state index contributed by atoms with van der Waals surface area (Å²) in [6.07, 6.45) is 6.87. The van der Waals surface area contributed by atoms with Crippen LogP contribution in [0.5, 0.6) is 0 Å². The Hall–Kier alpha value is -2.60. The molecule has 166 valence electrons. The molecule has 3 unspecified atom stereocenters. The van der Waals surface area contributed by atoms with Gasteiger partial charge in [0.1, 0.15) is 12.1 Å². The lowest BCUT2D eigenvalue weighted by molar-refractivity contribution is -0.141. The van der Waals surface area contributed by atoms with Crippen molar-refractivity contribution in [1.29, 1.82) is 0 Å². The van der Waals surface area contributed by atoms with E-state index >= 15 is 0 Å². The van der Waals surface area contributed by atoms with Crippen molar-refractivity contribution in [2.24, 2.45) is 0 Å². The summed E-state index contributed by atoms with van der Waals surface area (Å²) in [5.74, 6) is -1.88. The third kappa shape index (κ3) is 7.67. The Kier molecular flexibility index (Phi) is 9.61. The number of hydrogen-bond donors (Lipinski definition) is 6. The summed E-state index contributed by atoms with van der Waals surface area (Å²) in [5.41, 5.74) is 0.562. The van der Waals surface area contributed by atoms with Crippen molar-refractivity contribution in [1.82, 2.24) is 31.2 Å². The molecule has 12 heteroatoms. The molecule has 2 heterocycles. The first-order chi connectivity index (χ1) is 14.4. The highest BCUT2D eigenvalue weighted by Crippen LogP contribution is 2.07. The van der Waals surface area contributed by atoms with Gasteiger partial charge in [-0.05, 0) is 37.8 Å². The van der Waals surface area contributed by atoms with Gasteiger partial charge in [0.25, 0.3) is 0 Å². The fourth-order valence-electron chi connectivity index (χ4n) is 3.04. The van der Waals surface area contributed by atoms with Crippen LogP contribution in [-0.2, 0) is 25.6 Å². The highest BCUT2D eigenvalue weighted by molar-refractivity contribution is 7.98. The molecule has 0 spiro atoms. The first-order valence-electron chi connectivity index (χ1n) is 9.70. The molecule has 0 saturated carbocycles. The summed E-state index contributed by atoms with van der Waals surface area (Å²) in [6, 6.07) is -2.23. The topological polar surface area (TPSA) is 165 Å². The van der Waals surface area contributed by atoms with Crippen LogP contribution in [0.15, 0.2) is 12.5 Å². The van der Waals surface area contributed by atoms with E-state index in [1.807, 2.05) is 6.26 Å². The standard InChI is InChI=1S/C18H28N6O5S/c1-30-6-4-13(24-17(27)12-3-2-5-20-12)16(26)21-9-15(25)23-14(18(28)29)7-11-8-19-10-22-11/h8,10,12-14,20H,2-7,9H2,1H3,(H,19,22)(H,21,26)(H,23,25)(H,24,27)(H,28,29). The zero-order chi connectivity index (χ0) is 21.9. The lowest BCUT2D eigenvalue weighted by Gasteiger charge is -2.20. The fourth-order valence-corrected chi connectivity index (χ4v) is 3.51. The van der Waals surface area contributed by atoms with E-state index in [1.54, 1.807) is 11.8 Å². The zero-order valence-corrected chi connectivity index (χ0v) is 17.6. The molecule has 1 aliphatic rings. The van der Waals surface area contributed by atoms with E-state index in [4.69, 9.17) is 0 Å². The normalized spacial score (nSPS) is 17.7. The number of carbonyl (C=O) groups is 4. The molecule has 0 aliphatic carbocycles. The summed E-state index contributed by atoms with van der Waals surface area (Å²) < 4.78 is 0. The van der Waals surface area contributed by atoms with E-state index in [0.717, 1.165) is 19.4 Å². The lowest BCUT2D eigenvalue weighted by atomic mass is 10.1. The van der Waals surface area contributed by atoms with Crippen LogP contribution in [-0.4, -0.2) is 82.0 Å². The molecule has 0 aromatic carbocycles. The maximum atomic E-state index is 12.5. The monoisotopic (exact) mass is 440 g/mol. The molecule has 3 amide bonds. The predicted molar refractivity (Wildman–Crippen MR) is 111 cm³/mol. The average Bonchev–Trinajstić information content (AvgIpc) is 3.42. The molecule has 1 aromatic heterocycles.